The van der Waals surface area contributed by atoms with Crippen LogP contribution in [0.4, 0.5) is 5.69 Å². The van der Waals surface area contributed by atoms with Crippen LogP contribution in [-0.2, 0) is 6.42 Å². The van der Waals surface area contributed by atoms with E-state index in [1.807, 2.05) is 0 Å². The average Bonchev–Trinajstić information content (AvgIpc) is 2.99. The first-order valence-corrected chi connectivity index (χ1v) is 5.35. The van der Waals surface area contributed by atoms with Gasteiger partial charge < -0.3 is 10.4 Å². The van der Waals surface area contributed by atoms with Gasteiger partial charge in [0.05, 0.1) is 0 Å². The standard InChI is InChI=1S/C12H17NO/c14-8-2-4-10-3-1-5-12(9-10)13-11-6-7-11/h1,3,5,9,11,13-14H,2,4,6-8H2. The number of aliphatic hydroxyl groups is 1. The van der Waals surface area contributed by atoms with Gasteiger partial charge in [0.15, 0.2) is 0 Å². The molecule has 0 radical (unpaired) electrons. The molecule has 1 saturated carbocycles. The number of aryl methyl sites for hydroxylation is 1. The minimum Gasteiger partial charge on any atom is -0.396 e. The van der Waals surface area contributed by atoms with Crippen molar-refractivity contribution in [2.75, 3.05) is 11.9 Å². The maximum absolute atomic E-state index is 8.74. The third-order valence-corrected chi connectivity index (χ3v) is 2.50. The molecule has 0 atom stereocenters. The Morgan fingerprint density at radius 2 is 2.21 bits per heavy atom. The fourth-order valence-electron chi connectivity index (χ4n) is 1.56. The Bertz CT molecular complexity index is 294. The van der Waals surface area contributed by atoms with Gasteiger partial charge in [-0.2, -0.15) is 0 Å². The van der Waals surface area contributed by atoms with Crippen LogP contribution in [0.5, 0.6) is 0 Å². The van der Waals surface area contributed by atoms with Crippen molar-refractivity contribution in [3.63, 3.8) is 0 Å². The highest BCUT2D eigenvalue weighted by molar-refractivity contribution is 5.47. The number of benzene rings is 1. The van der Waals surface area contributed by atoms with Gasteiger partial charge in [-0.05, 0) is 43.4 Å². The van der Waals surface area contributed by atoms with Crippen molar-refractivity contribution in [1.29, 1.82) is 0 Å². The third-order valence-electron chi connectivity index (χ3n) is 2.50. The normalized spacial score (nSPS) is 15.5. The van der Waals surface area contributed by atoms with E-state index in [0.29, 0.717) is 6.04 Å². The van der Waals surface area contributed by atoms with Crippen LogP contribution in [0, 0.1) is 0 Å². The number of hydrogen-bond donors (Lipinski definition) is 2. The Balaban J connectivity index is 1.94. The zero-order valence-corrected chi connectivity index (χ0v) is 8.37. The number of nitrogens with one attached hydrogen (secondary N) is 1. The lowest BCUT2D eigenvalue weighted by molar-refractivity contribution is 0.288. The molecule has 0 bridgehead atoms. The lowest BCUT2D eigenvalue weighted by Gasteiger charge is -2.06. The summed E-state index contributed by atoms with van der Waals surface area (Å²) in [7, 11) is 0. The van der Waals surface area contributed by atoms with Crippen LogP contribution in [0.2, 0.25) is 0 Å². The Labute approximate surface area is 85.0 Å². The molecule has 0 amide bonds. The van der Waals surface area contributed by atoms with Gasteiger partial charge in [-0.15, -0.1) is 0 Å². The van der Waals surface area contributed by atoms with Gasteiger partial charge in [-0.3, -0.25) is 0 Å². The molecular weight excluding hydrogens is 174 g/mol. The average molecular weight is 191 g/mol. The second-order valence-corrected chi connectivity index (χ2v) is 3.95. The SMILES string of the molecule is OCCCc1cccc(NC2CC2)c1. The quantitative estimate of drug-likeness (QED) is 0.747. The van der Waals surface area contributed by atoms with Crippen molar-refractivity contribution in [2.24, 2.45) is 0 Å². The van der Waals surface area contributed by atoms with Crippen molar-refractivity contribution in [1.82, 2.24) is 0 Å². The lowest BCUT2D eigenvalue weighted by atomic mass is 10.1. The molecule has 0 saturated heterocycles. The van der Waals surface area contributed by atoms with E-state index >= 15 is 0 Å². The Hall–Kier alpha value is -1.02. The second kappa shape index (κ2) is 4.47. The third kappa shape index (κ3) is 2.74. The summed E-state index contributed by atoms with van der Waals surface area (Å²) in [6, 6.07) is 9.21. The van der Waals surface area contributed by atoms with Crippen molar-refractivity contribution in [3.8, 4) is 0 Å². The van der Waals surface area contributed by atoms with Crippen LogP contribution in [0.3, 0.4) is 0 Å². The predicted octanol–water partition coefficient (Wildman–Crippen LogP) is 2.19. The van der Waals surface area contributed by atoms with Gasteiger partial charge in [-0.1, -0.05) is 12.1 Å². The molecule has 1 aliphatic rings. The smallest absolute Gasteiger partial charge is 0.0434 e. The number of anilines is 1. The molecule has 1 aliphatic carbocycles. The monoisotopic (exact) mass is 191 g/mol. The summed E-state index contributed by atoms with van der Waals surface area (Å²) in [5, 5.41) is 12.2. The molecular formula is C12H17NO. The molecule has 0 aliphatic heterocycles. The highest BCUT2D eigenvalue weighted by Crippen LogP contribution is 2.25. The van der Waals surface area contributed by atoms with E-state index in [1.54, 1.807) is 0 Å². The van der Waals surface area contributed by atoms with E-state index in [4.69, 9.17) is 5.11 Å². The van der Waals surface area contributed by atoms with E-state index in [9.17, 15) is 0 Å². The van der Waals surface area contributed by atoms with Gasteiger partial charge in [0.1, 0.15) is 0 Å². The van der Waals surface area contributed by atoms with Gasteiger partial charge in [-0.25, -0.2) is 0 Å². The van der Waals surface area contributed by atoms with Crippen LogP contribution >= 0.6 is 0 Å². The van der Waals surface area contributed by atoms with Gasteiger partial charge in [0.25, 0.3) is 0 Å². The highest BCUT2D eigenvalue weighted by Gasteiger charge is 2.20. The van der Waals surface area contributed by atoms with E-state index in [2.05, 4.69) is 29.6 Å². The molecule has 14 heavy (non-hydrogen) atoms. The molecule has 0 spiro atoms. The summed E-state index contributed by atoms with van der Waals surface area (Å²) in [5.41, 5.74) is 2.53. The molecule has 2 nitrogen and oxygen atoms in total. The number of rotatable bonds is 5. The molecule has 76 valence electrons. The minimum absolute atomic E-state index is 0.278. The fraction of sp³-hybridized carbons (Fsp3) is 0.500. The maximum Gasteiger partial charge on any atom is 0.0434 e. The fourth-order valence-corrected chi connectivity index (χ4v) is 1.56. The zero-order valence-electron chi connectivity index (χ0n) is 8.37. The van der Waals surface area contributed by atoms with Crippen LogP contribution in [0.15, 0.2) is 24.3 Å². The predicted molar refractivity (Wildman–Crippen MR) is 58.5 cm³/mol. The maximum atomic E-state index is 8.74. The largest absolute Gasteiger partial charge is 0.396 e. The van der Waals surface area contributed by atoms with E-state index < -0.39 is 0 Å². The molecule has 1 aromatic rings. The molecule has 0 heterocycles. The molecule has 2 N–H and O–H groups in total. The number of aliphatic hydroxyl groups excluding tert-OH is 1. The van der Waals surface area contributed by atoms with Crippen molar-refractivity contribution in [3.05, 3.63) is 29.8 Å². The summed E-state index contributed by atoms with van der Waals surface area (Å²) < 4.78 is 0. The van der Waals surface area contributed by atoms with Gasteiger partial charge in [0, 0.05) is 18.3 Å². The van der Waals surface area contributed by atoms with Gasteiger partial charge >= 0.3 is 0 Å². The summed E-state index contributed by atoms with van der Waals surface area (Å²) in [6.07, 6.45) is 4.44. The molecule has 1 fully saturated rings. The van der Waals surface area contributed by atoms with Crippen LogP contribution in [0.25, 0.3) is 0 Å². The first-order chi connectivity index (χ1) is 6.88. The van der Waals surface area contributed by atoms with Crippen molar-refractivity contribution >= 4 is 5.69 Å². The summed E-state index contributed by atoms with van der Waals surface area (Å²) in [5.74, 6) is 0. The summed E-state index contributed by atoms with van der Waals surface area (Å²) in [6.45, 7) is 0.278. The molecule has 2 rings (SSSR count). The first kappa shape index (κ1) is 9.53. The van der Waals surface area contributed by atoms with Crippen molar-refractivity contribution in [2.45, 2.75) is 31.7 Å². The van der Waals surface area contributed by atoms with Crippen LogP contribution in [-0.4, -0.2) is 17.8 Å². The summed E-state index contributed by atoms with van der Waals surface area (Å²) >= 11 is 0. The van der Waals surface area contributed by atoms with Crippen LogP contribution < -0.4 is 5.32 Å². The second-order valence-electron chi connectivity index (χ2n) is 3.95. The number of hydrogen-bond acceptors (Lipinski definition) is 2. The molecule has 1 aromatic carbocycles. The highest BCUT2D eigenvalue weighted by atomic mass is 16.2. The van der Waals surface area contributed by atoms with Crippen molar-refractivity contribution < 1.29 is 5.11 Å². The first-order valence-electron chi connectivity index (χ1n) is 5.35. The summed E-state index contributed by atoms with van der Waals surface area (Å²) in [4.78, 5) is 0. The molecule has 2 heteroatoms. The topological polar surface area (TPSA) is 32.3 Å². The Morgan fingerprint density at radius 3 is 2.93 bits per heavy atom. The molecule has 0 unspecified atom stereocenters. The molecule has 0 aromatic heterocycles. The van der Waals surface area contributed by atoms with E-state index in [-0.39, 0.29) is 6.61 Å². The van der Waals surface area contributed by atoms with E-state index in [0.717, 1.165) is 12.8 Å². The zero-order chi connectivity index (χ0) is 9.80. The van der Waals surface area contributed by atoms with E-state index in [1.165, 1.54) is 24.1 Å². The lowest BCUT2D eigenvalue weighted by Crippen LogP contribution is -2.01. The Morgan fingerprint density at radius 1 is 1.36 bits per heavy atom. The minimum atomic E-state index is 0.278. The van der Waals surface area contributed by atoms with Gasteiger partial charge in [0.2, 0.25) is 0 Å². The Kier molecular flexibility index (Phi) is 3.04. The van der Waals surface area contributed by atoms with Crippen LogP contribution in [0.1, 0.15) is 24.8 Å².